The fraction of sp³-hybridized carbons (Fsp3) is 0.885. The molecular weight excluding hydrogens is 491 g/mol. The van der Waals surface area contributed by atoms with E-state index >= 15 is 0 Å². The molecule has 0 aliphatic carbocycles. The van der Waals surface area contributed by atoms with Crippen LogP contribution in [0.5, 0.6) is 0 Å². The largest absolute Gasteiger partial charge is 0.379 e. The van der Waals surface area contributed by atoms with Gasteiger partial charge >= 0.3 is 0 Å². The molecule has 0 aromatic rings. The monoisotopic (exact) mass is 540 g/mol. The van der Waals surface area contributed by atoms with Gasteiger partial charge in [-0.1, -0.05) is 11.8 Å². The average Bonchev–Trinajstić information content (AvgIpc) is 2.80. The molecule has 3 atom stereocenters. The highest BCUT2D eigenvalue weighted by atomic mass is 32.2. The Labute approximate surface area is 229 Å². The van der Waals surface area contributed by atoms with Crippen molar-refractivity contribution in [2.75, 3.05) is 33.4 Å². The van der Waals surface area contributed by atoms with E-state index in [0.717, 1.165) is 37.6 Å². The minimum absolute atomic E-state index is 0.0257. The number of likely N-dealkylation sites (tertiary alicyclic amines) is 1. The number of hydrogen-bond acceptors (Lipinski definition) is 8. The Hall–Kier alpha value is -1.14. The molecule has 1 aliphatic heterocycles. The predicted octanol–water partition coefficient (Wildman–Crippen LogP) is 2.36. The van der Waals surface area contributed by atoms with Gasteiger partial charge in [0.15, 0.2) is 5.12 Å². The summed E-state index contributed by atoms with van der Waals surface area (Å²) in [7, 11) is 7.78. The van der Waals surface area contributed by atoms with Crippen LogP contribution >= 0.6 is 11.8 Å². The molecule has 0 bridgehead atoms. The maximum Gasteiger partial charge on any atom is 0.221 e. The lowest BCUT2D eigenvalue weighted by Crippen LogP contribution is -2.65. The molecule has 1 aliphatic rings. The summed E-state index contributed by atoms with van der Waals surface area (Å²) in [6, 6.07) is 0. The van der Waals surface area contributed by atoms with Gasteiger partial charge in [0.05, 0.1) is 36.4 Å². The lowest BCUT2D eigenvalue weighted by Gasteiger charge is -2.50. The van der Waals surface area contributed by atoms with Gasteiger partial charge in [0.1, 0.15) is 0 Å². The Morgan fingerprint density at radius 1 is 1.11 bits per heavy atom. The number of hydrogen-bond donors (Lipinski definition) is 3. The third-order valence-electron chi connectivity index (χ3n) is 7.67. The standard InChI is InChI=1S/C26H49BN4O5S/c1-23(2,35-8)13-15-36-24(3,4)12-11-20(32)30-16-19(27)22(34)37-26(7,29)25(5,6)31-14-9-10-18(17-31)21(28)33/h18-19H,9-17,29H2,1-8H3,(H2,28,33)(H,30,32). The van der Waals surface area contributed by atoms with Gasteiger partial charge < -0.3 is 26.3 Å². The van der Waals surface area contributed by atoms with E-state index in [9.17, 15) is 14.4 Å². The van der Waals surface area contributed by atoms with E-state index in [2.05, 4.69) is 10.2 Å². The van der Waals surface area contributed by atoms with Gasteiger partial charge in [-0.15, -0.1) is 0 Å². The smallest absolute Gasteiger partial charge is 0.221 e. The molecule has 1 fully saturated rings. The van der Waals surface area contributed by atoms with Crippen molar-refractivity contribution >= 4 is 36.5 Å². The number of amides is 2. The van der Waals surface area contributed by atoms with Crippen LogP contribution in [-0.2, 0) is 23.9 Å². The maximum absolute atomic E-state index is 12.9. The van der Waals surface area contributed by atoms with E-state index < -0.39 is 21.8 Å². The van der Waals surface area contributed by atoms with Crippen molar-refractivity contribution in [3.05, 3.63) is 0 Å². The van der Waals surface area contributed by atoms with Crippen molar-refractivity contribution in [1.82, 2.24) is 10.2 Å². The van der Waals surface area contributed by atoms with Crippen molar-refractivity contribution in [2.45, 2.75) is 108 Å². The van der Waals surface area contributed by atoms with Crippen LogP contribution in [0.2, 0.25) is 5.82 Å². The summed E-state index contributed by atoms with van der Waals surface area (Å²) in [4.78, 5) is 38.2. The molecule has 1 rings (SSSR count). The van der Waals surface area contributed by atoms with Crippen molar-refractivity contribution in [1.29, 1.82) is 0 Å². The second-order valence-electron chi connectivity index (χ2n) is 12.0. The Kier molecular flexibility index (Phi) is 12.6. The molecule has 0 saturated carbocycles. The normalized spacial score (nSPS) is 20.2. The fourth-order valence-corrected chi connectivity index (χ4v) is 5.03. The van der Waals surface area contributed by atoms with Crippen molar-refractivity contribution < 1.29 is 23.9 Å². The summed E-state index contributed by atoms with van der Waals surface area (Å²) >= 11 is 0.977. The number of ether oxygens (including phenoxy) is 2. The summed E-state index contributed by atoms with van der Waals surface area (Å²) in [6.45, 7) is 15.5. The number of nitrogens with zero attached hydrogens (tertiary/aromatic N) is 1. The van der Waals surface area contributed by atoms with Crippen LogP contribution in [0.15, 0.2) is 0 Å². The molecule has 2 radical (unpaired) electrons. The molecule has 0 aromatic heterocycles. The van der Waals surface area contributed by atoms with Gasteiger partial charge in [-0.2, -0.15) is 0 Å². The average molecular weight is 541 g/mol. The molecular formula is C26H49BN4O5S. The van der Waals surface area contributed by atoms with Crippen LogP contribution in [0.1, 0.15) is 80.6 Å². The number of carbonyl (C=O) groups is 3. The number of methoxy groups -OCH3 is 1. The lowest BCUT2D eigenvalue weighted by atomic mass is 9.87. The first kappa shape index (κ1) is 33.9. The Bertz CT molecular complexity index is 791. The van der Waals surface area contributed by atoms with Crippen LogP contribution < -0.4 is 16.8 Å². The van der Waals surface area contributed by atoms with Crippen molar-refractivity contribution in [3.63, 3.8) is 0 Å². The van der Waals surface area contributed by atoms with Crippen LogP contribution in [0.3, 0.4) is 0 Å². The number of nitrogens with one attached hydrogen (secondary N) is 1. The molecule has 9 nitrogen and oxygen atoms in total. The highest BCUT2D eigenvalue weighted by Crippen LogP contribution is 2.39. The summed E-state index contributed by atoms with van der Waals surface area (Å²) in [6.07, 6.45) is 3.13. The number of piperidine rings is 1. The number of nitrogens with two attached hydrogens (primary N) is 2. The summed E-state index contributed by atoms with van der Waals surface area (Å²) in [5, 5.41) is 2.46. The molecule has 2 amide bonds. The zero-order chi connectivity index (χ0) is 28.7. The molecule has 0 aromatic carbocycles. The highest BCUT2D eigenvalue weighted by molar-refractivity contribution is 8.15. The van der Waals surface area contributed by atoms with E-state index in [-0.39, 0.29) is 41.4 Å². The first-order valence-electron chi connectivity index (χ1n) is 13.1. The SMILES string of the molecule is [B]C(CNC(=O)CCC(C)(C)OCCC(C)(C)OC)C(=O)SC(C)(N)C(C)(C)N1CCCC(C(N)=O)C1. The minimum atomic E-state index is -0.982. The van der Waals surface area contributed by atoms with Gasteiger partial charge in [0, 0.05) is 38.0 Å². The highest BCUT2D eigenvalue weighted by Gasteiger charge is 2.46. The molecule has 212 valence electrons. The number of thioether (sulfide) groups is 1. The molecule has 1 heterocycles. The Morgan fingerprint density at radius 3 is 2.30 bits per heavy atom. The zero-order valence-electron chi connectivity index (χ0n) is 24.1. The van der Waals surface area contributed by atoms with E-state index in [0.29, 0.717) is 19.6 Å². The van der Waals surface area contributed by atoms with Crippen LogP contribution in [0, 0.1) is 5.92 Å². The summed E-state index contributed by atoms with van der Waals surface area (Å²) in [5.41, 5.74) is 10.8. The Morgan fingerprint density at radius 2 is 1.73 bits per heavy atom. The molecule has 1 saturated heterocycles. The van der Waals surface area contributed by atoms with E-state index in [1.165, 1.54) is 0 Å². The predicted molar refractivity (Wildman–Crippen MR) is 150 cm³/mol. The second kappa shape index (κ2) is 13.8. The summed E-state index contributed by atoms with van der Waals surface area (Å²) in [5.74, 6) is -1.63. The van der Waals surface area contributed by atoms with Gasteiger partial charge in [-0.3, -0.25) is 19.3 Å². The van der Waals surface area contributed by atoms with E-state index in [1.807, 2.05) is 41.5 Å². The number of rotatable bonds is 15. The maximum atomic E-state index is 12.9. The van der Waals surface area contributed by atoms with Crippen molar-refractivity contribution in [2.24, 2.45) is 17.4 Å². The van der Waals surface area contributed by atoms with Crippen LogP contribution in [-0.4, -0.2) is 84.6 Å². The Balaban J connectivity index is 2.53. The topological polar surface area (TPSA) is 137 Å². The van der Waals surface area contributed by atoms with E-state index in [4.69, 9.17) is 28.8 Å². The summed E-state index contributed by atoms with van der Waals surface area (Å²) < 4.78 is 11.4. The first-order chi connectivity index (χ1) is 16.8. The molecule has 3 unspecified atom stereocenters. The quantitative estimate of drug-likeness (QED) is 0.213. The molecule has 11 heteroatoms. The van der Waals surface area contributed by atoms with Gasteiger partial charge in [0.2, 0.25) is 11.8 Å². The first-order valence-corrected chi connectivity index (χ1v) is 13.9. The fourth-order valence-electron chi connectivity index (χ4n) is 4.00. The van der Waals surface area contributed by atoms with Crippen LogP contribution in [0.4, 0.5) is 0 Å². The molecule has 37 heavy (non-hydrogen) atoms. The van der Waals surface area contributed by atoms with Crippen LogP contribution in [0.25, 0.3) is 0 Å². The number of carbonyl (C=O) groups excluding carboxylic acids is 3. The lowest BCUT2D eigenvalue weighted by molar-refractivity contribution is -0.125. The third-order valence-corrected chi connectivity index (χ3v) is 9.09. The number of primary amides is 1. The van der Waals surface area contributed by atoms with Gasteiger partial charge in [-0.25, -0.2) is 0 Å². The second-order valence-corrected chi connectivity index (χ2v) is 13.5. The van der Waals surface area contributed by atoms with E-state index in [1.54, 1.807) is 14.0 Å². The van der Waals surface area contributed by atoms with Gasteiger partial charge in [0.25, 0.3) is 0 Å². The third kappa shape index (κ3) is 10.9. The molecule has 5 N–H and O–H groups in total. The van der Waals surface area contributed by atoms with Gasteiger partial charge in [-0.05, 0) is 80.7 Å². The zero-order valence-corrected chi connectivity index (χ0v) is 25.0. The minimum Gasteiger partial charge on any atom is -0.379 e. The molecule has 0 spiro atoms. The van der Waals surface area contributed by atoms with Crippen molar-refractivity contribution in [3.8, 4) is 0 Å².